The van der Waals surface area contributed by atoms with Crippen molar-refractivity contribution >= 4 is 5.69 Å². The Balaban J connectivity index is 2.36. The molecular weight excluding hydrogens is 250 g/mol. The zero-order chi connectivity index (χ0) is 14.9. The predicted molar refractivity (Wildman–Crippen MR) is 84.3 cm³/mol. The van der Waals surface area contributed by atoms with Crippen molar-refractivity contribution in [3.05, 3.63) is 50.3 Å². The number of anilines is 1. The number of hydrogen-bond acceptors (Lipinski definition) is 3. The number of hydrogen-bond donors (Lipinski definition) is 1. The highest BCUT2D eigenvalue weighted by atomic mass is 16.2. The first-order valence-electron chi connectivity index (χ1n) is 7.15. The van der Waals surface area contributed by atoms with Crippen LogP contribution in [0.25, 0.3) is 11.1 Å². The standard InChI is InChI=1S/C17H21NO2/c1-5-11(4)18-15-14(16(19)17(15)20)13-8-6-12(7-9-13)10(2)3/h6-11,18H,5H2,1-4H3/t11-/m0/s1. The van der Waals surface area contributed by atoms with Crippen LogP contribution in [0.4, 0.5) is 5.69 Å². The molecule has 20 heavy (non-hydrogen) atoms. The molecule has 0 aliphatic heterocycles. The van der Waals surface area contributed by atoms with Crippen molar-refractivity contribution in [2.24, 2.45) is 0 Å². The molecule has 0 bridgehead atoms. The van der Waals surface area contributed by atoms with Crippen LogP contribution in [0, 0.1) is 0 Å². The Labute approximate surface area is 119 Å². The Morgan fingerprint density at radius 2 is 1.60 bits per heavy atom. The Morgan fingerprint density at radius 3 is 2.10 bits per heavy atom. The quantitative estimate of drug-likeness (QED) is 0.849. The fourth-order valence-corrected chi connectivity index (χ4v) is 2.19. The van der Waals surface area contributed by atoms with E-state index in [4.69, 9.17) is 0 Å². The Kier molecular flexibility index (Phi) is 4.07. The van der Waals surface area contributed by atoms with Crippen molar-refractivity contribution in [3.63, 3.8) is 0 Å². The minimum atomic E-state index is -0.395. The molecule has 0 saturated heterocycles. The molecule has 1 N–H and O–H groups in total. The Morgan fingerprint density at radius 1 is 1.00 bits per heavy atom. The molecule has 2 aromatic rings. The topological polar surface area (TPSA) is 46.2 Å². The van der Waals surface area contributed by atoms with Gasteiger partial charge in [0.05, 0.1) is 11.3 Å². The van der Waals surface area contributed by atoms with Crippen LogP contribution in [0.1, 0.15) is 45.6 Å². The second-order valence-corrected chi connectivity index (χ2v) is 5.64. The third kappa shape index (κ3) is 2.53. The van der Waals surface area contributed by atoms with Crippen molar-refractivity contribution in [1.82, 2.24) is 0 Å². The van der Waals surface area contributed by atoms with E-state index in [1.165, 1.54) is 5.56 Å². The van der Waals surface area contributed by atoms with Gasteiger partial charge in [-0.1, -0.05) is 45.0 Å². The molecule has 0 saturated carbocycles. The lowest BCUT2D eigenvalue weighted by Crippen LogP contribution is -2.38. The van der Waals surface area contributed by atoms with E-state index in [0.29, 0.717) is 17.2 Å². The van der Waals surface area contributed by atoms with Gasteiger partial charge in [-0.15, -0.1) is 0 Å². The maximum atomic E-state index is 11.8. The Hall–Kier alpha value is -1.90. The largest absolute Gasteiger partial charge is 0.379 e. The molecule has 0 unspecified atom stereocenters. The van der Waals surface area contributed by atoms with Crippen molar-refractivity contribution in [2.75, 3.05) is 5.32 Å². The van der Waals surface area contributed by atoms with Gasteiger partial charge in [0.1, 0.15) is 0 Å². The van der Waals surface area contributed by atoms with E-state index in [9.17, 15) is 9.59 Å². The number of rotatable bonds is 5. The van der Waals surface area contributed by atoms with Crippen molar-refractivity contribution in [1.29, 1.82) is 0 Å². The molecule has 0 aliphatic rings. The molecule has 106 valence electrons. The molecule has 3 heteroatoms. The van der Waals surface area contributed by atoms with Crippen LogP contribution >= 0.6 is 0 Å². The van der Waals surface area contributed by atoms with Crippen molar-refractivity contribution in [3.8, 4) is 11.1 Å². The van der Waals surface area contributed by atoms with Gasteiger partial charge in [0.15, 0.2) is 0 Å². The SMILES string of the molecule is CC[C@H](C)Nc1c(-c2ccc(C(C)C)cc2)c(=O)c1=O. The van der Waals surface area contributed by atoms with Crippen LogP contribution in [0.5, 0.6) is 0 Å². The summed E-state index contributed by atoms with van der Waals surface area (Å²) in [5.74, 6) is 0.453. The van der Waals surface area contributed by atoms with Crippen LogP contribution in [-0.4, -0.2) is 6.04 Å². The first-order chi connectivity index (χ1) is 9.45. The van der Waals surface area contributed by atoms with Crippen molar-refractivity contribution in [2.45, 2.75) is 46.1 Å². The molecule has 0 fully saturated rings. The van der Waals surface area contributed by atoms with E-state index in [-0.39, 0.29) is 11.5 Å². The summed E-state index contributed by atoms with van der Waals surface area (Å²) in [6, 6.07) is 8.07. The van der Waals surface area contributed by atoms with E-state index in [0.717, 1.165) is 12.0 Å². The van der Waals surface area contributed by atoms with Gasteiger partial charge in [0.2, 0.25) is 10.9 Å². The fraction of sp³-hybridized carbons (Fsp3) is 0.412. The van der Waals surface area contributed by atoms with Gasteiger partial charge in [-0.25, -0.2) is 0 Å². The molecule has 0 aliphatic carbocycles. The molecule has 0 aromatic heterocycles. The molecule has 3 nitrogen and oxygen atoms in total. The fourth-order valence-electron chi connectivity index (χ4n) is 2.19. The highest BCUT2D eigenvalue weighted by Gasteiger charge is 2.22. The lowest BCUT2D eigenvalue weighted by atomic mass is 9.95. The summed E-state index contributed by atoms with van der Waals surface area (Å²) < 4.78 is 0. The zero-order valence-corrected chi connectivity index (χ0v) is 12.5. The van der Waals surface area contributed by atoms with Gasteiger partial charge in [-0.2, -0.15) is 0 Å². The van der Waals surface area contributed by atoms with Crippen LogP contribution in [0.3, 0.4) is 0 Å². The van der Waals surface area contributed by atoms with Crippen LogP contribution < -0.4 is 16.2 Å². The van der Waals surface area contributed by atoms with Gasteiger partial charge >= 0.3 is 0 Å². The van der Waals surface area contributed by atoms with Gasteiger partial charge in [-0.05, 0) is 30.4 Å². The Bertz CT molecular complexity index is 661. The molecule has 2 aromatic carbocycles. The first-order valence-corrected chi connectivity index (χ1v) is 7.15. The van der Waals surface area contributed by atoms with Gasteiger partial charge in [0, 0.05) is 6.04 Å². The average molecular weight is 271 g/mol. The summed E-state index contributed by atoms with van der Waals surface area (Å²) in [4.78, 5) is 23.5. The maximum absolute atomic E-state index is 11.8. The first kappa shape index (κ1) is 14.5. The maximum Gasteiger partial charge on any atom is 0.250 e. The summed E-state index contributed by atoms with van der Waals surface area (Å²) in [7, 11) is 0. The monoisotopic (exact) mass is 271 g/mol. The summed E-state index contributed by atoms with van der Waals surface area (Å²) in [6.45, 7) is 8.30. The molecule has 0 amide bonds. The summed E-state index contributed by atoms with van der Waals surface area (Å²) in [5, 5.41) is 3.14. The van der Waals surface area contributed by atoms with E-state index < -0.39 is 5.43 Å². The number of benzene rings is 1. The van der Waals surface area contributed by atoms with Crippen LogP contribution in [0.15, 0.2) is 33.9 Å². The molecule has 2 rings (SSSR count). The second-order valence-electron chi connectivity index (χ2n) is 5.64. The smallest absolute Gasteiger partial charge is 0.250 e. The van der Waals surface area contributed by atoms with E-state index in [1.807, 2.05) is 38.1 Å². The van der Waals surface area contributed by atoms with Gasteiger partial charge in [-0.3, -0.25) is 9.59 Å². The molecule has 1 atom stereocenters. The molecule has 0 radical (unpaired) electrons. The van der Waals surface area contributed by atoms with Crippen LogP contribution in [0.2, 0.25) is 0 Å². The molecule has 0 spiro atoms. The molecular formula is C17H21NO2. The zero-order valence-electron chi connectivity index (χ0n) is 12.5. The number of nitrogens with one attached hydrogen (secondary N) is 1. The third-order valence-corrected chi connectivity index (χ3v) is 3.78. The highest BCUT2D eigenvalue weighted by molar-refractivity contribution is 5.82. The third-order valence-electron chi connectivity index (χ3n) is 3.78. The molecule has 0 heterocycles. The predicted octanol–water partition coefficient (Wildman–Crippen LogP) is 3.28. The summed E-state index contributed by atoms with van der Waals surface area (Å²) in [5.41, 5.74) is 2.28. The van der Waals surface area contributed by atoms with E-state index >= 15 is 0 Å². The average Bonchev–Trinajstić information content (AvgIpc) is 2.46. The lowest BCUT2D eigenvalue weighted by Gasteiger charge is -2.18. The normalized spacial score (nSPS) is 12.8. The van der Waals surface area contributed by atoms with E-state index in [2.05, 4.69) is 19.2 Å². The summed E-state index contributed by atoms with van der Waals surface area (Å²) >= 11 is 0. The second kappa shape index (κ2) is 5.61. The van der Waals surface area contributed by atoms with Gasteiger partial charge < -0.3 is 5.32 Å². The van der Waals surface area contributed by atoms with E-state index in [1.54, 1.807) is 0 Å². The minimum absolute atomic E-state index is 0.187. The van der Waals surface area contributed by atoms with Gasteiger partial charge in [0.25, 0.3) is 0 Å². The highest BCUT2D eigenvalue weighted by Crippen LogP contribution is 2.26. The minimum Gasteiger partial charge on any atom is -0.379 e. The van der Waals surface area contributed by atoms with Crippen molar-refractivity contribution < 1.29 is 0 Å². The summed E-state index contributed by atoms with van der Waals surface area (Å²) in [6.07, 6.45) is 0.907. The van der Waals surface area contributed by atoms with Crippen LogP contribution in [-0.2, 0) is 0 Å². The lowest BCUT2D eigenvalue weighted by molar-refractivity contribution is 0.762.